The molecule has 2 aliphatic rings. The largest absolute Gasteiger partial charge is 0.435 e. The van der Waals surface area contributed by atoms with E-state index in [0.717, 1.165) is 30.3 Å². The number of hydrogen-bond acceptors (Lipinski definition) is 4. The Bertz CT molecular complexity index is 1540. The summed E-state index contributed by atoms with van der Waals surface area (Å²) < 4.78 is 137. The molecule has 2 N–H and O–H groups in total. The maximum atomic E-state index is 15.0. The quantitative estimate of drug-likeness (QED) is 0.299. The van der Waals surface area contributed by atoms with Crippen molar-refractivity contribution >= 4 is 21.7 Å². The number of amides is 2. The number of hydrogen-bond donors (Lipinski definition) is 2. The molecule has 0 saturated heterocycles. The van der Waals surface area contributed by atoms with Gasteiger partial charge in [-0.3, -0.25) is 9.59 Å². The molecule has 2 aromatic carbocycles. The summed E-state index contributed by atoms with van der Waals surface area (Å²) in [6.07, 6.45) is -12.9. The number of rotatable bonds is 6. The van der Waals surface area contributed by atoms with Crippen LogP contribution in [0.3, 0.4) is 0 Å². The molecule has 1 saturated carbocycles. The van der Waals surface area contributed by atoms with Gasteiger partial charge in [0.25, 0.3) is 0 Å². The molecule has 0 spiro atoms. The molecule has 4 rings (SSSR count). The molecule has 3 atom stereocenters. The molecule has 6 nitrogen and oxygen atoms in total. The summed E-state index contributed by atoms with van der Waals surface area (Å²) in [4.78, 5) is 24.5. The highest BCUT2D eigenvalue weighted by atomic mass is 32.2. The fraction of sp³-hybridized carbons (Fsp3) is 0.517. The predicted molar refractivity (Wildman–Crippen MR) is 142 cm³/mol. The first kappa shape index (κ1) is 33.7. The van der Waals surface area contributed by atoms with Gasteiger partial charge in [-0.05, 0) is 81.3 Å². The van der Waals surface area contributed by atoms with Crippen LogP contribution in [-0.2, 0) is 36.3 Å². The second-order valence-electron chi connectivity index (χ2n) is 11.8. The van der Waals surface area contributed by atoms with E-state index in [9.17, 15) is 48.7 Å². The number of fused-ring (bicyclic) bond motifs is 3. The van der Waals surface area contributed by atoms with Crippen LogP contribution in [0.5, 0.6) is 0 Å². The first-order chi connectivity index (χ1) is 20.1. The van der Waals surface area contributed by atoms with E-state index in [1.165, 1.54) is 20.8 Å². The van der Waals surface area contributed by atoms with E-state index in [0.29, 0.717) is 12.1 Å². The summed E-state index contributed by atoms with van der Waals surface area (Å²) in [6.45, 7) is 4.05. The fourth-order valence-corrected chi connectivity index (χ4v) is 9.07. The van der Waals surface area contributed by atoms with Gasteiger partial charge in [0.2, 0.25) is 11.8 Å². The molecule has 0 unspecified atom stereocenters. The third-order valence-corrected chi connectivity index (χ3v) is 11.2. The van der Waals surface area contributed by atoms with Crippen molar-refractivity contribution in [3.63, 3.8) is 0 Å². The van der Waals surface area contributed by atoms with E-state index in [2.05, 4.69) is 10.6 Å². The van der Waals surface area contributed by atoms with Crippen molar-refractivity contribution in [2.75, 3.05) is 0 Å². The SMILES string of the molecule is CC(=O)NC(C)(C)C(=O)N[C@@H]1CC[C@@]2(S(=O)(=O)c3ccc(F)cc3)c3ccc(C(F)(C(F)(F)F)C(F)(F)F)cc3CCC[C@@H]12. The Morgan fingerprint density at radius 2 is 1.50 bits per heavy atom. The minimum Gasteiger partial charge on any atom is -0.351 e. The van der Waals surface area contributed by atoms with Crippen LogP contribution >= 0.6 is 0 Å². The first-order valence-corrected chi connectivity index (χ1v) is 15.1. The van der Waals surface area contributed by atoms with Crippen molar-refractivity contribution in [2.24, 2.45) is 5.92 Å². The predicted octanol–water partition coefficient (Wildman–Crippen LogP) is 5.93. The van der Waals surface area contributed by atoms with Crippen molar-refractivity contribution in [1.29, 1.82) is 0 Å². The topological polar surface area (TPSA) is 92.3 Å². The molecule has 2 amide bonds. The molecular formula is C29H30F8N2O4S. The van der Waals surface area contributed by atoms with Gasteiger partial charge in [0.05, 0.1) is 4.90 Å². The van der Waals surface area contributed by atoms with Gasteiger partial charge in [-0.2, -0.15) is 26.3 Å². The van der Waals surface area contributed by atoms with E-state index in [1.54, 1.807) is 0 Å². The highest BCUT2D eigenvalue weighted by Crippen LogP contribution is 2.58. The number of carbonyl (C=O) groups excluding carboxylic acids is 2. The van der Waals surface area contributed by atoms with Gasteiger partial charge < -0.3 is 10.6 Å². The average Bonchev–Trinajstić information content (AvgIpc) is 3.16. The van der Waals surface area contributed by atoms with Gasteiger partial charge in [-0.15, -0.1) is 0 Å². The Kier molecular flexibility index (Phi) is 8.40. The number of aryl methyl sites for hydroxylation is 1. The van der Waals surface area contributed by atoms with Crippen LogP contribution < -0.4 is 10.6 Å². The lowest BCUT2D eigenvalue weighted by atomic mass is 9.82. The normalized spacial score (nSPS) is 22.9. The summed E-state index contributed by atoms with van der Waals surface area (Å²) in [7, 11) is -4.57. The van der Waals surface area contributed by atoms with Crippen LogP contribution in [0, 0.1) is 11.7 Å². The maximum Gasteiger partial charge on any atom is 0.435 e. The number of sulfone groups is 1. The van der Waals surface area contributed by atoms with Crippen LogP contribution in [0.1, 0.15) is 63.1 Å². The Balaban J connectivity index is 1.92. The maximum absolute atomic E-state index is 15.0. The highest BCUT2D eigenvalue weighted by molar-refractivity contribution is 7.92. The Morgan fingerprint density at radius 3 is 2.05 bits per heavy atom. The van der Waals surface area contributed by atoms with E-state index in [-0.39, 0.29) is 48.1 Å². The summed E-state index contributed by atoms with van der Waals surface area (Å²) >= 11 is 0. The summed E-state index contributed by atoms with van der Waals surface area (Å²) in [5.41, 5.74) is -9.19. The third-order valence-electron chi connectivity index (χ3n) is 8.59. The molecule has 1 fully saturated rings. The van der Waals surface area contributed by atoms with Crippen LogP contribution in [0.25, 0.3) is 0 Å². The van der Waals surface area contributed by atoms with Gasteiger partial charge >= 0.3 is 18.0 Å². The van der Waals surface area contributed by atoms with Gasteiger partial charge in [-0.25, -0.2) is 17.2 Å². The second kappa shape index (κ2) is 11.0. The Morgan fingerprint density at radius 1 is 0.909 bits per heavy atom. The fourth-order valence-electron chi connectivity index (χ4n) is 6.60. The molecule has 0 radical (unpaired) electrons. The smallest absolute Gasteiger partial charge is 0.351 e. The lowest BCUT2D eigenvalue weighted by Gasteiger charge is -2.38. The summed E-state index contributed by atoms with van der Waals surface area (Å²) in [6, 6.07) is 4.47. The third kappa shape index (κ3) is 5.34. The van der Waals surface area contributed by atoms with E-state index in [4.69, 9.17) is 0 Å². The van der Waals surface area contributed by atoms with Crippen LogP contribution in [0.4, 0.5) is 35.1 Å². The molecule has 0 aromatic heterocycles. The Labute approximate surface area is 248 Å². The molecule has 15 heteroatoms. The molecule has 2 aromatic rings. The van der Waals surface area contributed by atoms with Crippen LogP contribution in [0.15, 0.2) is 47.4 Å². The zero-order valence-corrected chi connectivity index (χ0v) is 24.6. The Hall–Kier alpha value is -3.23. The van der Waals surface area contributed by atoms with E-state index >= 15 is 4.39 Å². The number of carbonyl (C=O) groups is 2. The zero-order valence-electron chi connectivity index (χ0n) is 23.8. The summed E-state index contributed by atoms with van der Waals surface area (Å²) in [5.74, 6) is -2.85. The van der Waals surface area contributed by atoms with Gasteiger partial charge in [0, 0.05) is 24.4 Å². The van der Waals surface area contributed by atoms with E-state index in [1.807, 2.05) is 0 Å². The van der Waals surface area contributed by atoms with Crippen molar-refractivity contribution < 1.29 is 53.1 Å². The minimum atomic E-state index is -6.37. The van der Waals surface area contributed by atoms with Crippen molar-refractivity contribution in [2.45, 2.75) is 92.1 Å². The molecular weight excluding hydrogens is 624 g/mol. The average molecular weight is 655 g/mol. The van der Waals surface area contributed by atoms with Crippen LogP contribution in [0.2, 0.25) is 0 Å². The number of benzene rings is 2. The van der Waals surface area contributed by atoms with E-state index < -0.39 is 73.3 Å². The number of alkyl halides is 7. The van der Waals surface area contributed by atoms with Crippen molar-refractivity contribution in [3.8, 4) is 0 Å². The molecule has 0 heterocycles. The molecule has 242 valence electrons. The minimum absolute atomic E-state index is 0.0341. The molecule has 44 heavy (non-hydrogen) atoms. The standard InChI is InChI=1S/C29H30F8N2O4S/c1-16(40)39-25(2,3)24(41)38-23-13-14-26(44(42,43)20-10-8-19(30)9-11-20)21-12-7-18(15-17(21)5-4-6-22(23)26)27(31,28(32,33)34)29(35,36)37/h7-12,15,22-23H,4-6,13-14H2,1-3H3,(H,38,41)(H,39,40)/t22-,23+,26+/m0/s1. The van der Waals surface area contributed by atoms with Crippen molar-refractivity contribution in [3.05, 3.63) is 65.0 Å². The lowest BCUT2D eigenvalue weighted by molar-refractivity contribution is -0.348. The molecule has 0 bridgehead atoms. The molecule has 0 aliphatic heterocycles. The van der Waals surface area contributed by atoms with Crippen LogP contribution in [-0.4, -0.2) is 44.2 Å². The highest BCUT2D eigenvalue weighted by Gasteiger charge is 2.73. The van der Waals surface area contributed by atoms with Gasteiger partial charge in [-0.1, -0.05) is 18.2 Å². The number of nitrogens with one attached hydrogen (secondary N) is 2. The zero-order chi connectivity index (χ0) is 33.1. The lowest BCUT2D eigenvalue weighted by Crippen LogP contribution is -2.57. The first-order valence-electron chi connectivity index (χ1n) is 13.7. The summed E-state index contributed by atoms with van der Waals surface area (Å²) in [5, 5.41) is 5.26. The second-order valence-corrected chi connectivity index (χ2v) is 14.0. The van der Waals surface area contributed by atoms with Crippen molar-refractivity contribution in [1.82, 2.24) is 10.6 Å². The van der Waals surface area contributed by atoms with Gasteiger partial charge in [0.15, 0.2) is 9.84 Å². The monoisotopic (exact) mass is 654 g/mol. The van der Waals surface area contributed by atoms with Gasteiger partial charge in [0.1, 0.15) is 16.1 Å². The molecule has 2 aliphatic carbocycles. The number of halogens is 8.